The molecule has 3 heteroatoms. The van der Waals surface area contributed by atoms with Crippen molar-refractivity contribution in [3.05, 3.63) is 29.8 Å². The first kappa shape index (κ1) is 14.4. The van der Waals surface area contributed by atoms with E-state index in [0.717, 1.165) is 13.0 Å². The number of rotatable bonds is 6. The fraction of sp³-hybridized carbons (Fsp3) is 0.571. The Bertz CT molecular complexity index is 335. The van der Waals surface area contributed by atoms with E-state index >= 15 is 0 Å². The zero-order valence-corrected chi connectivity index (χ0v) is 12.0. The van der Waals surface area contributed by atoms with Gasteiger partial charge in [-0.3, -0.25) is 0 Å². The number of nitrogens with one attached hydrogen (secondary N) is 1. The van der Waals surface area contributed by atoms with E-state index in [0.29, 0.717) is 11.8 Å². The second-order valence-electron chi connectivity index (χ2n) is 5.12. The van der Waals surface area contributed by atoms with Crippen LogP contribution < -0.4 is 5.32 Å². The quantitative estimate of drug-likeness (QED) is 0.817. The van der Waals surface area contributed by atoms with Crippen LogP contribution in [0.4, 0.5) is 0 Å². The van der Waals surface area contributed by atoms with Crippen molar-refractivity contribution >= 4 is 11.8 Å². The molecule has 2 nitrogen and oxygen atoms in total. The second kappa shape index (κ2) is 6.31. The summed E-state index contributed by atoms with van der Waals surface area (Å²) in [7, 11) is 0. The van der Waals surface area contributed by atoms with Crippen LogP contribution in [0.1, 0.15) is 26.3 Å². The van der Waals surface area contributed by atoms with Gasteiger partial charge in [-0.1, -0.05) is 12.1 Å². The third-order valence-electron chi connectivity index (χ3n) is 2.91. The van der Waals surface area contributed by atoms with Gasteiger partial charge >= 0.3 is 0 Å². The number of thioether (sulfide) groups is 1. The van der Waals surface area contributed by atoms with Crippen molar-refractivity contribution in [3.63, 3.8) is 0 Å². The normalized spacial score (nSPS) is 13.6. The molecule has 0 saturated carbocycles. The average Bonchev–Trinajstić information content (AvgIpc) is 2.30. The maximum absolute atomic E-state index is 9.21. The van der Waals surface area contributed by atoms with Gasteiger partial charge in [0.15, 0.2) is 0 Å². The minimum absolute atomic E-state index is 0.281. The molecule has 0 radical (unpaired) electrons. The smallest absolute Gasteiger partial charge is 0.115 e. The topological polar surface area (TPSA) is 32.3 Å². The lowest BCUT2D eigenvalue weighted by Crippen LogP contribution is -2.38. The average molecular weight is 253 g/mol. The highest BCUT2D eigenvalue weighted by Crippen LogP contribution is 2.20. The Morgan fingerprint density at radius 2 is 1.88 bits per heavy atom. The standard InChI is InChI=1S/C14H23NOS/c1-11(15-10-14(2,3)17-4)9-12-5-7-13(16)8-6-12/h5-8,11,15-16H,9-10H2,1-4H3/t11-/m1/s1. The Balaban J connectivity index is 2.39. The van der Waals surface area contributed by atoms with E-state index < -0.39 is 0 Å². The molecular weight excluding hydrogens is 230 g/mol. The number of benzene rings is 1. The summed E-state index contributed by atoms with van der Waals surface area (Å²) < 4.78 is 0.281. The summed E-state index contributed by atoms with van der Waals surface area (Å²) >= 11 is 1.88. The highest BCUT2D eigenvalue weighted by atomic mass is 32.2. The SMILES string of the molecule is CSC(C)(C)CN[C@H](C)Cc1ccc(O)cc1. The number of hydrogen-bond donors (Lipinski definition) is 2. The van der Waals surface area contributed by atoms with Crippen LogP contribution >= 0.6 is 11.8 Å². The van der Waals surface area contributed by atoms with Gasteiger partial charge in [-0.15, -0.1) is 0 Å². The number of hydrogen-bond acceptors (Lipinski definition) is 3. The summed E-state index contributed by atoms with van der Waals surface area (Å²) in [5.74, 6) is 0.331. The van der Waals surface area contributed by atoms with Crippen LogP contribution in [0.15, 0.2) is 24.3 Å². The maximum Gasteiger partial charge on any atom is 0.115 e. The van der Waals surface area contributed by atoms with Crippen LogP contribution in [0.3, 0.4) is 0 Å². The number of phenols is 1. The fourth-order valence-electron chi connectivity index (χ4n) is 1.55. The van der Waals surface area contributed by atoms with Crippen molar-refractivity contribution in [2.45, 2.75) is 38.0 Å². The van der Waals surface area contributed by atoms with Gasteiger partial charge in [-0.05, 0) is 51.1 Å². The van der Waals surface area contributed by atoms with E-state index in [1.807, 2.05) is 23.9 Å². The van der Waals surface area contributed by atoms with Crippen molar-refractivity contribution in [2.75, 3.05) is 12.8 Å². The summed E-state index contributed by atoms with van der Waals surface area (Å²) in [6.45, 7) is 7.70. The molecule has 0 aliphatic carbocycles. The van der Waals surface area contributed by atoms with Gasteiger partial charge in [0, 0.05) is 17.3 Å². The van der Waals surface area contributed by atoms with Gasteiger partial charge in [0.05, 0.1) is 0 Å². The van der Waals surface area contributed by atoms with Crippen LogP contribution in [0.5, 0.6) is 5.75 Å². The summed E-state index contributed by atoms with van der Waals surface area (Å²) in [6.07, 6.45) is 3.14. The molecule has 0 aliphatic heterocycles. The lowest BCUT2D eigenvalue weighted by atomic mass is 10.1. The van der Waals surface area contributed by atoms with E-state index in [9.17, 15) is 5.11 Å². The van der Waals surface area contributed by atoms with Crippen LogP contribution in [-0.4, -0.2) is 28.7 Å². The van der Waals surface area contributed by atoms with Gasteiger partial charge < -0.3 is 10.4 Å². The Hall–Kier alpha value is -0.670. The van der Waals surface area contributed by atoms with E-state index in [2.05, 4.69) is 32.3 Å². The van der Waals surface area contributed by atoms with E-state index in [4.69, 9.17) is 0 Å². The minimum atomic E-state index is 0.281. The Morgan fingerprint density at radius 1 is 1.29 bits per heavy atom. The minimum Gasteiger partial charge on any atom is -0.508 e. The molecule has 0 spiro atoms. The number of phenolic OH excluding ortho intramolecular Hbond substituents is 1. The van der Waals surface area contributed by atoms with E-state index in [1.54, 1.807) is 12.1 Å². The maximum atomic E-state index is 9.21. The van der Waals surface area contributed by atoms with E-state index in [-0.39, 0.29) is 4.75 Å². The van der Waals surface area contributed by atoms with Crippen molar-refractivity contribution in [1.82, 2.24) is 5.32 Å². The first-order valence-corrected chi connectivity index (χ1v) is 7.22. The molecule has 0 fully saturated rings. The predicted molar refractivity (Wildman–Crippen MR) is 76.9 cm³/mol. The van der Waals surface area contributed by atoms with Gasteiger partial charge in [0.25, 0.3) is 0 Å². The molecule has 0 aromatic heterocycles. The van der Waals surface area contributed by atoms with Gasteiger partial charge in [0.1, 0.15) is 5.75 Å². The molecule has 1 aromatic rings. The summed E-state index contributed by atoms with van der Waals surface area (Å²) in [5.41, 5.74) is 1.25. The Labute approximate surface area is 109 Å². The largest absolute Gasteiger partial charge is 0.508 e. The molecule has 1 rings (SSSR count). The molecule has 0 heterocycles. The Morgan fingerprint density at radius 3 is 2.41 bits per heavy atom. The highest BCUT2D eigenvalue weighted by Gasteiger charge is 2.16. The molecule has 1 atom stereocenters. The monoisotopic (exact) mass is 253 g/mol. The highest BCUT2D eigenvalue weighted by molar-refractivity contribution is 7.99. The van der Waals surface area contributed by atoms with Crippen LogP contribution in [0.2, 0.25) is 0 Å². The molecule has 0 unspecified atom stereocenters. The molecule has 0 saturated heterocycles. The molecular formula is C14H23NOS. The Kier molecular flexibility index (Phi) is 5.34. The third kappa shape index (κ3) is 5.46. The summed E-state index contributed by atoms with van der Waals surface area (Å²) in [6, 6.07) is 7.90. The molecule has 0 aliphatic rings. The van der Waals surface area contributed by atoms with E-state index in [1.165, 1.54) is 5.56 Å². The lowest BCUT2D eigenvalue weighted by molar-refractivity contribution is 0.474. The predicted octanol–water partition coefficient (Wildman–Crippen LogP) is 3.05. The van der Waals surface area contributed by atoms with Crippen molar-refractivity contribution in [2.24, 2.45) is 0 Å². The second-order valence-corrected chi connectivity index (χ2v) is 6.63. The molecule has 2 N–H and O–H groups in total. The first-order chi connectivity index (χ1) is 7.93. The molecule has 0 bridgehead atoms. The first-order valence-electron chi connectivity index (χ1n) is 5.99. The summed E-state index contributed by atoms with van der Waals surface area (Å²) in [4.78, 5) is 0. The fourth-order valence-corrected chi connectivity index (χ4v) is 1.78. The van der Waals surface area contributed by atoms with Gasteiger partial charge in [-0.25, -0.2) is 0 Å². The van der Waals surface area contributed by atoms with Crippen LogP contribution in [0.25, 0.3) is 0 Å². The van der Waals surface area contributed by atoms with Crippen LogP contribution in [-0.2, 0) is 6.42 Å². The zero-order valence-electron chi connectivity index (χ0n) is 11.2. The van der Waals surface area contributed by atoms with Crippen molar-refractivity contribution in [1.29, 1.82) is 0 Å². The molecule has 0 amide bonds. The van der Waals surface area contributed by atoms with Crippen LogP contribution in [0, 0.1) is 0 Å². The molecule has 96 valence electrons. The summed E-state index contributed by atoms with van der Waals surface area (Å²) in [5, 5.41) is 12.8. The molecule has 1 aromatic carbocycles. The lowest BCUT2D eigenvalue weighted by Gasteiger charge is -2.25. The third-order valence-corrected chi connectivity index (χ3v) is 4.16. The van der Waals surface area contributed by atoms with Gasteiger partial charge in [0.2, 0.25) is 0 Å². The zero-order chi connectivity index (χ0) is 12.9. The molecule has 17 heavy (non-hydrogen) atoms. The number of aromatic hydroxyl groups is 1. The van der Waals surface area contributed by atoms with Gasteiger partial charge in [-0.2, -0.15) is 11.8 Å². The van der Waals surface area contributed by atoms with Crippen molar-refractivity contribution in [3.8, 4) is 5.75 Å². The van der Waals surface area contributed by atoms with Crippen molar-refractivity contribution < 1.29 is 5.11 Å².